The number of rotatable bonds is 3. The summed E-state index contributed by atoms with van der Waals surface area (Å²) in [5.74, 6) is 1.63. The Morgan fingerprint density at radius 1 is 0.400 bits per heavy atom. The summed E-state index contributed by atoms with van der Waals surface area (Å²) in [5, 5.41) is 12.1. The summed E-state index contributed by atoms with van der Waals surface area (Å²) in [7, 11) is 0. The Bertz CT molecular complexity index is 3720. The molecule has 0 spiro atoms. The van der Waals surface area contributed by atoms with Crippen molar-refractivity contribution in [3.05, 3.63) is 170 Å². The zero-order valence-electron chi connectivity index (χ0n) is 29.4. The maximum absolute atomic E-state index is 5.62. The highest BCUT2D eigenvalue weighted by Gasteiger charge is 2.26. The molecule has 5 aromatic heterocycles. The van der Waals surface area contributed by atoms with Crippen molar-refractivity contribution in [1.82, 2.24) is 18.9 Å². The zero-order chi connectivity index (χ0) is 35.8. The predicted molar refractivity (Wildman–Crippen MR) is 232 cm³/mol. The maximum Gasteiger partial charge on any atom is 0.163 e. The lowest BCUT2D eigenvalue weighted by molar-refractivity contribution is 1.08. The molecule has 4 nitrogen and oxygen atoms in total. The van der Waals surface area contributed by atoms with Crippen LogP contribution < -0.4 is 0 Å². The van der Waals surface area contributed by atoms with Crippen LogP contribution in [0.1, 0.15) is 0 Å². The van der Waals surface area contributed by atoms with Crippen LogP contribution in [0.4, 0.5) is 0 Å². The van der Waals surface area contributed by atoms with Gasteiger partial charge in [0.25, 0.3) is 0 Å². The topological polar surface area (TPSA) is 35.1 Å². The molecule has 254 valence electrons. The first kappa shape index (κ1) is 29.4. The molecule has 8 aromatic carbocycles. The van der Waals surface area contributed by atoms with Gasteiger partial charge >= 0.3 is 0 Å². The van der Waals surface area contributed by atoms with Crippen LogP contribution in [0.3, 0.4) is 0 Å². The SMILES string of the molecule is c1ccc(-c2ccc3c(c2)c2c4c5ccccc5n5c6ccccc6c(cc2n3-c2nc(-c3ccc6ccccc6c3)nc3sc6ccccc6c23)c45)cc1. The number of fused-ring (bicyclic) bond motifs is 14. The van der Waals surface area contributed by atoms with Crippen molar-refractivity contribution in [2.75, 3.05) is 0 Å². The van der Waals surface area contributed by atoms with Gasteiger partial charge in [0.2, 0.25) is 0 Å². The number of hydrogen-bond acceptors (Lipinski definition) is 3. The molecule has 0 aliphatic rings. The Hall–Kier alpha value is -7.08. The molecule has 5 heterocycles. The van der Waals surface area contributed by atoms with E-state index in [-0.39, 0.29) is 0 Å². The van der Waals surface area contributed by atoms with Crippen molar-refractivity contribution in [1.29, 1.82) is 0 Å². The third-order valence-corrected chi connectivity index (χ3v) is 12.7. The number of benzene rings is 8. The van der Waals surface area contributed by atoms with E-state index in [4.69, 9.17) is 9.97 Å². The van der Waals surface area contributed by atoms with Gasteiger partial charge in [0, 0.05) is 48.0 Å². The third-order valence-electron chi connectivity index (χ3n) is 11.6. The Labute approximate surface area is 318 Å². The second-order valence-corrected chi connectivity index (χ2v) is 15.6. The number of thiophene rings is 1. The van der Waals surface area contributed by atoms with E-state index in [1.54, 1.807) is 11.3 Å². The van der Waals surface area contributed by atoms with Gasteiger partial charge in [-0.2, -0.15) is 0 Å². The molecule has 5 heteroatoms. The Balaban J connectivity index is 1.25. The predicted octanol–water partition coefficient (Wildman–Crippen LogP) is 13.6. The number of nitrogens with zero attached hydrogens (tertiary/aromatic N) is 4. The van der Waals surface area contributed by atoms with Gasteiger partial charge in [0.1, 0.15) is 4.83 Å². The molecule has 0 N–H and O–H groups in total. The molecule has 13 aromatic rings. The number of para-hydroxylation sites is 2. The molecule has 0 unspecified atom stereocenters. The average Bonchev–Trinajstić information content (AvgIpc) is 3.98. The van der Waals surface area contributed by atoms with Crippen LogP contribution in [0, 0.1) is 0 Å². The fourth-order valence-corrected chi connectivity index (χ4v) is 10.3. The highest BCUT2D eigenvalue weighted by molar-refractivity contribution is 7.25. The summed E-state index contributed by atoms with van der Waals surface area (Å²) < 4.78 is 6.12. The van der Waals surface area contributed by atoms with Gasteiger partial charge in [-0.05, 0) is 64.4 Å². The lowest BCUT2D eigenvalue weighted by Gasteiger charge is -2.12. The van der Waals surface area contributed by atoms with Crippen LogP contribution in [0.25, 0.3) is 119 Å². The summed E-state index contributed by atoms with van der Waals surface area (Å²) in [6.07, 6.45) is 0. The first-order chi connectivity index (χ1) is 27.3. The lowest BCUT2D eigenvalue weighted by atomic mass is 9.99. The third kappa shape index (κ3) is 3.94. The molecule has 13 rings (SSSR count). The quantitative estimate of drug-likeness (QED) is 0.182. The fraction of sp³-hybridized carbons (Fsp3) is 0. The Morgan fingerprint density at radius 2 is 1.11 bits per heavy atom. The zero-order valence-corrected chi connectivity index (χ0v) is 30.2. The van der Waals surface area contributed by atoms with Crippen LogP contribution in [0.2, 0.25) is 0 Å². The van der Waals surface area contributed by atoms with Crippen molar-refractivity contribution in [2.45, 2.75) is 0 Å². The minimum atomic E-state index is 0.725. The maximum atomic E-state index is 5.62. The van der Waals surface area contributed by atoms with E-state index in [1.807, 2.05) is 0 Å². The van der Waals surface area contributed by atoms with Gasteiger partial charge in [-0.15, -0.1) is 11.3 Å². The standard InChI is InChI=1S/C50H28N4S/c1-2-12-29(13-3-1)32-24-25-41-38(27-32)44-42(28-37-34-16-6-9-19-39(34)53-40-20-10-7-17-35(40)45(44)47(37)53)54(41)49-46-36-18-8-11-21-43(36)55-50(46)52-48(51-49)33-23-22-30-14-4-5-15-31(30)26-33/h1-28H. The van der Waals surface area contributed by atoms with Crippen LogP contribution in [-0.4, -0.2) is 18.9 Å². The van der Waals surface area contributed by atoms with Crippen LogP contribution in [-0.2, 0) is 0 Å². The number of hydrogen-bond donors (Lipinski definition) is 0. The fourth-order valence-electron chi connectivity index (χ4n) is 9.28. The van der Waals surface area contributed by atoms with Gasteiger partial charge in [-0.25, -0.2) is 9.97 Å². The molecule has 0 bridgehead atoms. The minimum absolute atomic E-state index is 0.725. The molecule has 0 radical (unpaired) electrons. The van der Waals surface area contributed by atoms with E-state index < -0.39 is 0 Å². The molecule has 55 heavy (non-hydrogen) atoms. The van der Waals surface area contributed by atoms with E-state index >= 15 is 0 Å². The minimum Gasteiger partial charge on any atom is -0.308 e. The van der Waals surface area contributed by atoms with Gasteiger partial charge < -0.3 is 4.40 Å². The van der Waals surface area contributed by atoms with Crippen molar-refractivity contribution in [3.8, 4) is 28.3 Å². The Morgan fingerprint density at radius 3 is 1.98 bits per heavy atom. The highest BCUT2D eigenvalue weighted by atomic mass is 32.1. The van der Waals surface area contributed by atoms with Crippen LogP contribution in [0.15, 0.2) is 170 Å². The van der Waals surface area contributed by atoms with Crippen molar-refractivity contribution < 1.29 is 0 Å². The van der Waals surface area contributed by atoms with E-state index in [9.17, 15) is 0 Å². The first-order valence-corrected chi connectivity index (χ1v) is 19.5. The molecule has 0 aliphatic carbocycles. The average molecular weight is 717 g/mol. The second kappa shape index (κ2) is 10.8. The monoisotopic (exact) mass is 716 g/mol. The largest absolute Gasteiger partial charge is 0.308 e. The molecule has 0 amide bonds. The number of aromatic nitrogens is 4. The molecular formula is C50H28N4S. The Kier molecular flexibility index (Phi) is 5.74. The van der Waals surface area contributed by atoms with Gasteiger partial charge in [-0.3, -0.25) is 4.57 Å². The summed E-state index contributed by atoms with van der Waals surface area (Å²) >= 11 is 1.74. The van der Waals surface area contributed by atoms with E-state index in [1.165, 1.54) is 80.9 Å². The van der Waals surface area contributed by atoms with E-state index in [2.05, 4.69) is 179 Å². The lowest BCUT2D eigenvalue weighted by Crippen LogP contribution is -2.02. The molecule has 0 saturated carbocycles. The summed E-state index contributed by atoms with van der Waals surface area (Å²) in [4.78, 5) is 11.9. The second-order valence-electron chi connectivity index (χ2n) is 14.6. The molecular weight excluding hydrogens is 689 g/mol. The smallest absolute Gasteiger partial charge is 0.163 e. The molecule has 0 aliphatic heterocycles. The van der Waals surface area contributed by atoms with Gasteiger partial charge in [0.15, 0.2) is 11.6 Å². The van der Waals surface area contributed by atoms with Crippen molar-refractivity contribution in [3.63, 3.8) is 0 Å². The van der Waals surface area contributed by atoms with Crippen LogP contribution in [0.5, 0.6) is 0 Å². The molecule has 0 saturated heterocycles. The van der Waals surface area contributed by atoms with E-state index in [0.717, 1.165) is 38.5 Å². The van der Waals surface area contributed by atoms with Crippen molar-refractivity contribution >= 4 is 102 Å². The van der Waals surface area contributed by atoms with Gasteiger partial charge in [-0.1, -0.05) is 127 Å². The summed E-state index contributed by atoms with van der Waals surface area (Å²) in [5.41, 5.74) is 9.38. The normalized spacial score (nSPS) is 12.4. The van der Waals surface area contributed by atoms with E-state index in [0.29, 0.717) is 0 Å². The highest BCUT2D eigenvalue weighted by Crippen LogP contribution is 2.48. The summed E-state index contributed by atoms with van der Waals surface area (Å²) in [6, 6.07) is 61.6. The molecule has 0 atom stereocenters. The molecule has 0 fully saturated rings. The van der Waals surface area contributed by atoms with Crippen molar-refractivity contribution in [2.24, 2.45) is 0 Å². The first-order valence-electron chi connectivity index (χ1n) is 18.7. The van der Waals surface area contributed by atoms with Crippen LogP contribution >= 0.6 is 11.3 Å². The summed E-state index contributed by atoms with van der Waals surface area (Å²) in [6.45, 7) is 0. The van der Waals surface area contributed by atoms with Gasteiger partial charge in [0.05, 0.1) is 33.0 Å².